The third-order valence-corrected chi connectivity index (χ3v) is 5.96. The van der Waals surface area contributed by atoms with Crippen molar-refractivity contribution in [2.45, 2.75) is 31.8 Å². The molecule has 2 aromatic carbocycles. The van der Waals surface area contributed by atoms with Gasteiger partial charge in [-0.15, -0.1) is 0 Å². The molecule has 0 aromatic heterocycles. The molecule has 0 bridgehead atoms. The average Bonchev–Trinajstić information content (AvgIpc) is 2.63. The Morgan fingerprint density at radius 3 is 2.50 bits per heavy atom. The monoisotopic (exact) mass is 406 g/mol. The van der Waals surface area contributed by atoms with Gasteiger partial charge >= 0.3 is 0 Å². The van der Waals surface area contributed by atoms with E-state index in [1.807, 2.05) is 0 Å². The first-order valence-corrected chi connectivity index (χ1v) is 9.82. The highest BCUT2D eigenvalue weighted by molar-refractivity contribution is 9.10. The van der Waals surface area contributed by atoms with Gasteiger partial charge in [-0.1, -0.05) is 48.0 Å². The highest BCUT2D eigenvalue weighted by Crippen LogP contribution is 2.25. The molecule has 1 aliphatic heterocycles. The van der Waals surface area contributed by atoms with E-state index in [1.54, 1.807) is 0 Å². The van der Waals surface area contributed by atoms with Crippen LogP contribution in [-0.4, -0.2) is 30.6 Å². The average molecular weight is 408 g/mol. The summed E-state index contributed by atoms with van der Waals surface area (Å²) in [5.74, 6) is 0. The van der Waals surface area contributed by atoms with Crippen molar-refractivity contribution < 1.29 is 0 Å². The molecule has 1 saturated heterocycles. The first-order valence-electron chi connectivity index (χ1n) is 8.65. The molecule has 24 heavy (non-hydrogen) atoms. The summed E-state index contributed by atoms with van der Waals surface area (Å²) in [7, 11) is 0. The Morgan fingerprint density at radius 2 is 1.79 bits per heavy atom. The molecule has 0 atom stereocenters. The van der Waals surface area contributed by atoms with Crippen molar-refractivity contribution in [1.29, 1.82) is 0 Å². The molecule has 2 nitrogen and oxygen atoms in total. The molecule has 1 heterocycles. The van der Waals surface area contributed by atoms with Crippen LogP contribution in [0.15, 0.2) is 53.0 Å². The minimum atomic E-state index is 0.650. The predicted molar refractivity (Wildman–Crippen MR) is 106 cm³/mol. The van der Waals surface area contributed by atoms with E-state index in [4.69, 9.17) is 11.6 Å². The fourth-order valence-electron chi connectivity index (χ4n) is 3.35. The van der Waals surface area contributed by atoms with Gasteiger partial charge in [0, 0.05) is 23.6 Å². The Bertz CT molecular complexity index is 641. The van der Waals surface area contributed by atoms with E-state index >= 15 is 0 Å². The summed E-state index contributed by atoms with van der Waals surface area (Å²) in [6.07, 6.45) is 3.53. The molecule has 0 spiro atoms. The Balaban J connectivity index is 1.69. The van der Waals surface area contributed by atoms with E-state index in [2.05, 4.69) is 74.7 Å². The highest BCUT2D eigenvalue weighted by atomic mass is 79.9. The van der Waals surface area contributed by atoms with Crippen LogP contribution in [-0.2, 0) is 13.0 Å². The van der Waals surface area contributed by atoms with Crippen molar-refractivity contribution in [2.24, 2.45) is 0 Å². The van der Waals surface area contributed by atoms with Gasteiger partial charge in [-0.2, -0.15) is 0 Å². The van der Waals surface area contributed by atoms with Crippen molar-refractivity contribution in [1.82, 2.24) is 10.2 Å². The largest absolute Gasteiger partial charge is 0.317 e. The van der Waals surface area contributed by atoms with Crippen LogP contribution in [0, 0.1) is 0 Å². The van der Waals surface area contributed by atoms with Crippen LogP contribution in [0.2, 0.25) is 5.02 Å². The second kappa shape index (κ2) is 9.00. The quantitative estimate of drug-likeness (QED) is 0.732. The molecule has 128 valence electrons. The van der Waals surface area contributed by atoms with Crippen LogP contribution in [0.3, 0.4) is 0 Å². The molecule has 0 unspecified atom stereocenters. The molecule has 4 heteroatoms. The van der Waals surface area contributed by atoms with Gasteiger partial charge in [-0.05, 0) is 71.5 Å². The van der Waals surface area contributed by atoms with E-state index in [0.29, 0.717) is 6.04 Å². The maximum Gasteiger partial charge on any atom is 0.0551 e. The molecule has 0 radical (unpaired) electrons. The lowest BCUT2D eigenvalue weighted by atomic mass is 10.0. The molecule has 0 amide bonds. The van der Waals surface area contributed by atoms with Crippen molar-refractivity contribution in [2.75, 3.05) is 19.6 Å². The van der Waals surface area contributed by atoms with Gasteiger partial charge in [-0.25, -0.2) is 0 Å². The predicted octanol–water partition coefficient (Wildman–Crippen LogP) is 4.90. The highest BCUT2D eigenvalue weighted by Gasteiger charge is 2.21. The van der Waals surface area contributed by atoms with Crippen LogP contribution in [0.4, 0.5) is 0 Å². The molecular formula is C20H24BrClN2. The zero-order valence-electron chi connectivity index (χ0n) is 13.8. The van der Waals surface area contributed by atoms with Gasteiger partial charge in [0.25, 0.3) is 0 Å². The summed E-state index contributed by atoms with van der Waals surface area (Å²) in [5.41, 5.74) is 2.69. The van der Waals surface area contributed by atoms with Crippen LogP contribution in [0.1, 0.15) is 24.0 Å². The molecular weight excluding hydrogens is 384 g/mol. The lowest BCUT2D eigenvalue weighted by molar-refractivity contribution is 0.155. The maximum absolute atomic E-state index is 6.28. The van der Waals surface area contributed by atoms with Crippen molar-refractivity contribution in [3.8, 4) is 0 Å². The van der Waals surface area contributed by atoms with Gasteiger partial charge in [-0.3, -0.25) is 4.90 Å². The molecule has 1 aliphatic rings. The van der Waals surface area contributed by atoms with E-state index in [1.165, 1.54) is 24.0 Å². The molecule has 2 aromatic rings. The number of piperidine rings is 1. The summed E-state index contributed by atoms with van der Waals surface area (Å²) < 4.78 is 0.964. The SMILES string of the molecule is Clc1cc(CN(CCc2ccccc2)C2CCNCC2)ccc1Br. The van der Waals surface area contributed by atoms with Crippen LogP contribution < -0.4 is 5.32 Å². The zero-order valence-corrected chi connectivity index (χ0v) is 16.2. The van der Waals surface area contributed by atoms with E-state index in [9.17, 15) is 0 Å². The molecule has 0 aliphatic carbocycles. The Hall–Kier alpha value is -0.870. The smallest absolute Gasteiger partial charge is 0.0551 e. The minimum absolute atomic E-state index is 0.650. The second-order valence-corrected chi connectivity index (χ2v) is 7.70. The van der Waals surface area contributed by atoms with Crippen molar-refractivity contribution in [3.63, 3.8) is 0 Å². The first kappa shape index (κ1) is 17.9. The van der Waals surface area contributed by atoms with Crippen LogP contribution in [0.25, 0.3) is 0 Å². The van der Waals surface area contributed by atoms with Crippen molar-refractivity contribution >= 4 is 27.5 Å². The number of hydrogen-bond acceptors (Lipinski definition) is 2. The first-order chi connectivity index (χ1) is 11.7. The van der Waals surface area contributed by atoms with Gasteiger partial charge in [0.05, 0.1) is 5.02 Å². The Kier molecular flexibility index (Phi) is 6.73. The Morgan fingerprint density at radius 1 is 1.04 bits per heavy atom. The minimum Gasteiger partial charge on any atom is -0.317 e. The Labute approximate surface area is 158 Å². The number of nitrogens with zero attached hydrogens (tertiary/aromatic N) is 1. The van der Waals surface area contributed by atoms with Crippen LogP contribution >= 0.6 is 27.5 Å². The normalized spacial score (nSPS) is 15.8. The molecule has 1 fully saturated rings. The standard InChI is InChI=1S/C20H24BrClN2/c21-19-7-6-17(14-20(19)22)15-24(18-8-11-23-12-9-18)13-10-16-4-2-1-3-5-16/h1-7,14,18,23H,8-13,15H2. The van der Waals surface area contributed by atoms with Crippen molar-refractivity contribution in [3.05, 3.63) is 69.2 Å². The number of benzene rings is 2. The van der Waals surface area contributed by atoms with Crippen LogP contribution in [0.5, 0.6) is 0 Å². The van der Waals surface area contributed by atoms with E-state index < -0.39 is 0 Å². The second-order valence-electron chi connectivity index (χ2n) is 6.44. The fraction of sp³-hybridized carbons (Fsp3) is 0.400. The number of halogens is 2. The number of rotatable bonds is 6. The topological polar surface area (TPSA) is 15.3 Å². The maximum atomic E-state index is 6.28. The van der Waals surface area contributed by atoms with E-state index in [-0.39, 0.29) is 0 Å². The van der Waals surface area contributed by atoms with Gasteiger partial charge in [0.1, 0.15) is 0 Å². The zero-order chi connectivity index (χ0) is 16.8. The lowest BCUT2D eigenvalue weighted by Gasteiger charge is -2.35. The summed E-state index contributed by atoms with van der Waals surface area (Å²) >= 11 is 9.76. The van der Waals surface area contributed by atoms with Gasteiger partial charge in [0.15, 0.2) is 0 Å². The summed E-state index contributed by atoms with van der Waals surface area (Å²) in [4.78, 5) is 2.63. The summed E-state index contributed by atoms with van der Waals surface area (Å²) in [6, 6.07) is 17.7. The van der Waals surface area contributed by atoms with Gasteiger partial charge < -0.3 is 5.32 Å². The third kappa shape index (κ3) is 5.06. The molecule has 1 N–H and O–H groups in total. The molecule has 0 saturated carbocycles. The lowest BCUT2D eigenvalue weighted by Crippen LogP contribution is -2.43. The number of hydrogen-bond donors (Lipinski definition) is 1. The summed E-state index contributed by atoms with van der Waals surface area (Å²) in [6.45, 7) is 4.29. The van der Waals surface area contributed by atoms with Gasteiger partial charge in [0.2, 0.25) is 0 Å². The third-order valence-electron chi connectivity index (χ3n) is 4.73. The fourth-order valence-corrected chi connectivity index (χ4v) is 3.80. The summed E-state index contributed by atoms with van der Waals surface area (Å²) in [5, 5.41) is 4.26. The van der Waals surface area contributed by atoms with E-state index in [0.717, 1.165) is 42.1 Å². The number of nitrogens with one attached hydrogen (secondary N) is 1. The molecule has 3 rings (SSSR count).